The molecule has 0 radical (unpaired) electrons. The third kappa shape index (κ3) is 3.38. The maximum atomic E-state index is 10.5. The number of nitriles is 1. The van der Waals surface area contributed by atoms with Crippen LogP contribution in [0.2, 0.25) is 0 Å². The molecule has 1 saturated heterocycles. The van der Waals surface area contributed by atoms with E-state index < -0.39 is 0 Å². The van der Waals surface area contributed by atoms with Crippen molar-refractivity contribution in [2.24, 2.45) is 11.8 Å². The van der Waals surface area contributed by atoms with Gasteiger partial charge in [-0.3, -0.25) is 4.90 Å². The van der Waals surface area contributed by atoms with Crippen LogP contribution < -0.4 is 0 Å². The topological polar surface area (TPSA) is 75.9 Å². The lowest BCUT2D eigenvalue weighted by Gasteiger charge is -2.34. The number of fused-ring (bicyclic) bond motifs is 1. The zero-order valence-electron chi connectivity index (χ0n) is 13.6. The number of para-hydroxylation sites is 2. The van der Waals surface area contributed by atoms with Crippen LogP contribution in [0.1, 0.15) is 26.1 Å². The maximum Gasteiger partial charge on any atom is 0.152 e. The lowest BCUT2D eigenvalue weighted by atomic mass is 9.92. The molecule has 1 aliphatic heterocycles. The second kappa shape index (κ2) is 6.43. The number of likely N-dealkylation sites (tertiary alicyclic amines) is 1. The summed E-state index contributed by atoms with van der Waals surface area (Å²) in [5.41, 5.74) is 1.89. The predicted octanol–water partition coefficient (Wildman–Crippen LogP) is 3.33. The van der Waals surface area contributed by atoms with E-state index in [1.165, 1.54) is 6.42 Å². The van der Waals surface area contributed by atoms with Gasteiger partial charge in [0, 0.05) is 13.1 Å². The van der Waals surface area contributed by atoms with Crippen LogP contribution in [0.4, 0.5) is 0 Å². The van der Waals surface area contributed by atoms with Crippen LogP contribution in [0.15, 0.2) is 30.0 Å². The van der Waals surface area contributed by atoms with Gasteiger partial charge >= 0.3 is 0 Å². The molecule has 23 heavy (non-hydrogen) atoms. The molecule has 120 valence electrons. The SMILES string of the molecule is C[C@@H]1C[C@H](C)CN(C/C(O)=C(\C#N)c2nc3ccccc3[nH]2)C1. The Morgan fingerprint density at radius 1 is 1.35 bits per heavy atom. The number of hydrogen-bond donors (Lipinski definition) is 2. The number of aliphatic hydroxyl groups excluding tert-OH is 1. The summed E-state index contributed by atoms with van der Waals surface area (Å²) >= 11 is 0. The minimum absolute atomic E-state index is 0.0906. The van der Waals surface area contributed by atoms with Gasteiger partial charge in [-0.1, -0.05) is 26.0 Å². The summed E-state index contributed by atoms with van der Waals surface area (Å²) in [7, 11) is 0. The second-order valence-corrected chi connectivity index (χ2v) is 6.68. The molecule has 5 nitrogen and oxygen atoms in total. The minimum Gasteiger partial charge on any atom is -0.509 e. The molecule has 3 rings (SSSR count). The molecular formula is C18H22N4O. The Hall–Kier alpha value is -2.32. The molecule has 1 aromatic carbocycles. The number of allylic oxidation sites excluding steroid dienone is 1. The first-order valence-electron chi connectivity index (χ1n) is 8.06. The Labute approximate surface area is 136 Å². The number of benzene rings is 1. The number of piperidine rings is 1. The zero-order valence-corrected chi connectivity index (χ0v) is 13.6. The molecule has 5 heteroatoms. The van der Waals surface area contributed by atoms with Gasteiger partial charge in [-0.05, 0) is 30.4 Å². The van der Waals surface area contributed by atoms with Gasteiger partial charge in [-0.15, -0.1) is 0 Å². The molecule has 2 heterocycles. The molecule has 2 aromatic rings. The van der Waals surface area contributed by atoms with E-state index in [0.717, 1.165) is 24.1 Å². The first-order chi connectivity index (χ1) is 11.1. The molecule has 1 aliphatic rings. The van der Waals surface area contributed by atoms with Crippen LogP contribution in [0.3, 0.4) is 0 Å². The lowest BCUT2D eigenvalue weighted by Crippen LogP contribution is -2.39. The average Bonchev–Trinajstić information content (AvgIpc) is 2.90. The number of aromatic nitrogens is 2. The number of aliphatic hydroxyl groups is 1. The Kier molecular flexibility index (Phi) is 4.35. The van der Waals surface area contributed by atoms with Gasteiger partial charge < -0.3 is 10.1 Å². The largest absolute Gasteiger partial charge is 0.509 e. The molecule has 0 spiro atoms. The minimum atomic E-state index is 0.0906. The van der Waals surface area contributed by atoms with E-state index in [4.69, 9.17) is 0 Å². The van der Waals surface area contributed by atoms with Crippen LogP contribution >= 0.6 is 0 Å². The Balaban J connectivity index is 1.85. The van der Waals surface area contributed by atoms with Crippen molar-refractivity contribution in [2.45, 2.75) is 20.3 Å². The normalized spacial score (nSPS) is 23.5. The Bertz CT molecular complexity index is 728. The summed E-state index contributed by atoms with van der Waals surface area (Å²) in [5.74, 6) is 1.75. The van der Waals surface area contributed by atoms with Gasteiger partial charge in [0.2, 0.25) is 0 Å². The van der Waals surface area contributed by atoms with Crippen LogP contribution in [0.5, 0.6) is 0 Å². The first kappa shape index (κ1) is 15.6. The van der Waals surface area contributed by atoms with E-state index in [1.54, 1.807) is 0 Å². The van der Waals surface area contributed by atoms with E-state index in [2.05, 4.69) is 34.8 Å². The van der Waals surface area contributed by atoms with Crippen LogP contribution in [-0.2, 0) is 0 Å². The molecule has 0 aliphatic carbocycles. The van der Waals surface area contributed by atoms with Gasteiger partial charge in [0.1, 0.15) is 17.4 Å². The number of hydrogen-bond acceptors (Lipinski definition) is 4. The highest BCUT2D eigenvalue weighted by Gasteiger charge is 2.23. The summed E-state index contributed by atoms with van der Waals surface area (Å²) in [6.45, 7) is 6.76. The van der Waals surface area contributed by atoms with Crippen molar-refractivity contribution in [3.63, 3.8) is 0 Å². The highest BCUT2D eigenvalue weighted by molar-refractivity contribution is 5.82. The fraction of sp³-hybridized carbons (Fsp3) is 0.444. The van der Waals surface area contributed by atoms with Gasteiger partial charge in [0.05, 0.1) is 17.6 Å². The van der Waals surface area contributed by atoms with Crippen molar-refractivity contribution in [2.75, 3.05) is 19.6 Å². The summed E-state index contributed by atoms with van der Waals surface area (Å²) in [6.07, 6.45) is 1.22. The monoisotopic (exact) mass is 310 g/mol. The molecule has 0 saturated carbocycles. The number of rotatable bonds is 3. The maximum absolute atomic E-state index is 10.5. The molecule has 2 atom stereocenters. The van der Waals surface area contributed by atoms with Crippen molar-refractivity contribution in [3.8, 4) is 6.07 Å². The quantitative estimate of drug-likeness (QED) is 0.673. The van der Waals surface area contributed by atoms with Crippen LogP contribution in [-0.4, -0.2) is 39.6 Å². The third-order valence-electron chi connectivity index (χ3n) is 4.34. The molecule has 2 N–H and O–H groups in total. The number of aromatic amines is 1. The van der Waals surface area contributed by atoms with Crippen LogP contribution in [0, 0.1) is 23.2 Å². The molecule has 1 fully saturated rings. The summed E-state index contributed by atoms with van der Waals surface area (Å²) in [4.78, 5) is 9.74. The van der Waals surface area contributed by atoms with E-state index in [-0.39, 0.29) is 11.3 Å². The van der Waals surface area contributed by atoms with Crippen LogP contribution in [0.25, 0.3) is 16.6 Å². The van der Waals surface area contributed by atoms with Crippen molar-refractivity contribution >= 4 is 16.6 Å². The third-order valence-corrected chi connectivity index (χ3v) is 4.34. The summed E-state index contributed by atoms with van der Waals surface area (Å²) < 4.78 is 0. The molecular weight excluding hydrogens is 288 g/mol. The van der Waals surface area contributed by atoms with Gasteiger partial charge in [-0.25, -0.2) is 4.98 Å². The summed E-state index contributed by atoms with van der Waals surface area (Å²) in [5, 5.41) is 19.9. The molecule has 0 bridgehead atoms. The fourth-order valence-electron chi connectivity index (χ4n) is 3.54. The van der Waals surface area contributed by atoms with Crippen molar-refractivity contribution in [3.05, 3.63) is 35.8 Å². The highest BCUT2D eigenvalue weighted by atomic mass is 16.3. The van der Waals surface area contributed by atoms with Gasteiger partial charge in [-0.2, -0.15) is 5.26 Å². The first-order valence-corrected chi connectivity index (χ1v) is 8.06. The standard InChI is InChI=1S/C18H22N4O/c1-12-7-13(2)10-22(9-12)11-17(23)14(8-19)18-20-15-5-3-4-6-16(15)21-18/h3-6,12-13,23H,7,9-11H2,1-2H3,(H,20,21)/b17-14-/t12-,13+. The second-order valence-electron chi connectivity index (χ2n) is 6.68. The summed E-state index contributed by atoms with van der Waals surface area (Å²) in [6, 6.07) is 9.71. The van der Waals surface area contributed by atoms with Crippen molar-refractivity contribution < 1.29 is 5.11 Å². The number of H-pyrrole nitrogens is 1. The molecule has 0 amide bonds. The van der Waals surface area contributed by atoms with E-state index in [9.17, 15) is 10.4 Å². The van der Waals surface area contributed by atoms with E-state index in [0.29, 0.717) is 24.2 Å². The molecule has 1 aromatic heterocycles. The number of imidazole rings is 1. The van der Waals surface area contributed by atoms with E-state index >= 15 is 0 Å². The zero-order chi connectivity index (χ0) is 16.4. The average molecular weight is 310 g/mol. The van der Waals surface area contributed by atoms with Gasteiger partial charge in [0.15, 0.2) is 5.82 Å². The molecule has 0 unspecified atom stereocenters. The smallest absolute Gasteiger partial charge is 0.152 e. The highest BCUT2D eigenvalue weighted by Crippen LogP contribution is 2.23. The predicted molar refractivity (Wildman–Crippen MR) is 90.6 cm³/mol. The number of nitrogens with one attached hydrogen (secondary N) is 1. The Morgan fingerprint density at radius 3 is 2.70 bits per heavy atom. The van der Waals surface area contributed by atoms with E-state index in [1.807, 2.05) is 24.3 Å². The Morgan fingerprint density at radius 2 is 2.04 bits per heavy atom. The fourth-order valence-corrected chi connectivity index (χ4v) is 3.54. The van der Waals surface area contributed by atoms with Gasteiger partial charge in [0.25, 0.3) is 0 Å². The van der Waals surface area contributed by atoms with Crippen molar-refractivity contribution in [1.29, 1.82) is 5.26 Å². The lowest BCUT2D eigenvalue weighted by molar-refractivity contribution is 0.138. The van der Waals surface area contributed by atoms with Crippen molar-refractivity contribution in [1.82, 2.24) is 14.9 Å². The number of nitrogens with zero attached hydrogens (tertiary/aromatic N) is 3.